The number of benzene rings is 1. The summed E-state index contributed by atoms with van der Waals surface area (Å²) < 4.78 is 0. The molecule has 1 rings (SSSR count). The topological polar surface area (TPSA) is 32.7 Å². The second-order valence-corrected chi connectivity index (χ2v) is 3.55. The normalized spacial score (nSPS) is 13.1. The highest BCUT2D eigenvalue weighted by Gasteiger charge is 2.09. The molecule has 0 aliphatic rings. The van der Waals surface area contributed by atoms with E-state index in [1.807, 2.05) is 37.3 Å². The molecule has 0 amide bonds. The second-order valence-electron chi connectivity index (χ2n) is 3.55. The fourth-order valence-corrected chi connectivity index (χ4v) is 1.35. The summed E-state index contributed by atoms with van der Waals surface area (Å²) in [5.41, 5.74) is 1.18. The monoisotopic (exact) mass is 209 g/mol. The van der Waals surface area contributed by atoms with E-state index in [4.69, 9.17) is 4.84 Å². The van der Waals surface area contributed by atoms with Crippen molar-refractivity contribution in [1.82, 2.24) is 5.06 Å². The van der Waals surface area contributed by atoms with Gasteiger partial charge in [-0.1, -0.05) is 37.3 Å². The standard InChI is InChI=1S/C12H19NO2/c1-3-12(14)10-13(15-2)9-11-7-5-4-6-8-11/h4-8,12,14H,3,9-10H2,1-2H3/t12-/m1/s1. The average Bonchev–Trinajstić information content (AvgIpc) is 2.29. The first-order valence-electron chi connectivity index (χ1n) is 5.27. The molecular formula is C12H19NO2. The maximum absolute atomic E-state index is 9.52. The van der Waals surface area contributed by atoms with E-state index in [-0.39, 0.29) is 6.10 Å². The van der Waals surface area contributed by atoms with Crippen LogP contribution in [0.4, 0.5) is 0 Å². The molecule has 84 valence electrons. The van der Waals surface area contributed by atoms with Crippen LogP contribution >= 0.6 is 0 Å². The first-order chi connectivity index (χ1) is 7.26. The molecule has 0 spiro atoms. The summed E-state index contributed by atoms with van der Waals surface area (Å²) in [5, 5.41) is 11.3. The third-order valence-corrected chi connectivity index (χ3v) is 2.35. The van der Waals surface area contributed by atoms with E-state index in [0.717, 1.165) is 6.42 Å². The molecule has 0 fully saturated rings. The highest BCUT2D eigenvalue weighted by molar-refractivity contribution is 5.14. The predicted octanol–water partition coefficient (Wildman–Crippen LogP) is 1.82. The zero-order valence-electron chi connectivity index (χ0n) is 9.39. The first kappa shape index (κ1) is 12.2. The Bertz CT molecular complexity index is 264. The van der Waals surface area contributed by atoms with Gasteiger partial charge in [0, 0.05) is 6.54 Å². The van der Waals surface area contributed by atoms with Crippen LogP contribution in [0.5, 0.6) is 0 Å². The highest BCUT2D eigenvalue weighted by atomic mass is 16.7. The van der Waals surface area contributed by atoms with Gasteiger partial charge < -0.3 is 9.94 Å². The van der Waals surface area contributed by atoms with Gasteiger partial charge in [0.05, 0.1) is 19.8 Å². The molecule has 0 aromatic heterocycles. The van der Waals surface area contributed by atoms with Gasteiger partial charge in [-0.2, -0.15) is 5.06 Å². The zero-order chi connectivity index (χ0) is 11.1. The third-order valence-electron chi connectivity index (χ3n) is 2.35. The fourth-order valence-electron chi connectivity index (χ4n) is 1.35. The van der Waals surface area contributed by atoms with Crippen molar-refractivity contribution in [2.24, 2.45) is 0 Å². The SMILES string of the molecule is CC[C@@H](O)CN(Cc1ccccc1)OC. The molecule has 0 saturated carbocycles. The second kappa shape index (κ2) is 6.56. The molecular weight excluding hydrogens is 190 g/mol. The van der Waals surface area contributed by atoms with Gasteiger partial charge in [0.15, 0.2) is 0 Å². The molecule has 1 aromatic carbocycles. The largest absolute Gasteiger partial charge is 0.392 e. The number of rotatable bonds is 6. The molecule has 0 unspecified atom stereocenters. The van der Waals surface area contributed by atoms with Crippen LogP contribution in [0.25, 0.3) is 0 Å². The Hall–Kier alpha value is -0.900. The molecule has 0 radical (unpaired) electrons. The Balaban J connectivity index is 2.47. The maximum Gasteiger partial charge on any atom is 0.0688 e. The minimum Gasteiger partial charge on any atom is -0.392 e. The molecule has 1 atom stereocenters. The lowest BCUT2D eigenvalue weighted by molar-refractivity contribution is -0.155. The fraction of sp³-hybridized carbons (Fsp3) is 0.500. The van der Waals surface area contributed by atoms with Crippen LogP contribution in [0.2, 0.25) is 0 Å². The third kappa shape index (κ3) is 4.42. The van der Waals surface area contributed by atoms with Crippen molar-refractivity contribution in [3.05, 3.63) is 35.9 Å². The average molecular weight is 209 g/mol. The Morgan fingerprint density at radius 3 is 2.53 bits per heavy atom. The van der Waals surface area contributed by atoms with Gasteiger partial charge in [-0.05, 0) is 12.0 Å². The van der Waals surface area contributed by atoms with Crippen LogP contribution in [-0.4, -0.2) is 29.9 Å². The van der Waals surface area contributed by atoms with Crippen molar-refractivity contribution < 1.29 is 9.94 Å². The summed E-state index contributed by atoms with van der Waals surface area (Å²) in [6.45, 7) is 3.21. The van der Waals surface area contributed by atoms with Crippen molar-refractivity contribution in [2.75, 3.05) is 13.7 Å². The van der Waals surface area contributed by atoms with Gasteiger partial charge in [-0.25, -0.2) is 0 Å². The molecule has 1 N–H and O–H groups in total. The Morgan fingerprint density at radius 1 is 1.33 bits per heavy atom. The molecule has 0 bridgehead atoms. The minimum atomic E-state index is -0.325. The van der Waals surface area contributed by atoms with Crippen molar-refractivity contribution in [3.63, 3.8) is 0 Å². The summed E-state index contributed by atoms with van der Waals surface area (Å²) in [7, 11) is 1.63. The molecule has 0 aliphatic carbocycles. The van der Waals surface area contributed by atoms with Gasteiger partial charge in [0.1, 0.15) is 0 Å². The Labute approximate surface area is 91.2 Å². The van der Waals surface area contributed by atoms with Crippen molar-refractivity contribution in [2.45, 2.75) is 26.0 Å². The number of hydrogen-bond acceptors (Lipinski definition) is 3. The summed E-state index contributed by atoms with van der Waals surface area (Å²) >= 11 is 0. The van der Waals surface area contributed by atoms with Crippen LogP contribution in [-0.2, 0) is 11.4 Å². The quantitative estimate of drug-likeness (QED) is 0.725. The van der Waals surface area contributed by atoms with Gasteiger partial charge in [0.25, 0.3) is 0 Å². The zero-order valence-corrected chi connectivity index (χ0v) is 9.39. The van der Waals surface area contributed by atoms with E-state index in [9.17, 15) is 5.11 Å². The Kier molecular flexibility index (Phi) is 5.32. The maximum atomic E-state index is 9.52. The van der Waals surface area contributed by atoms with E-state index in [2.05, 4.69) is 0 Å². The van der Waals surface area contributed by atoms with Crippen molar-refractivity contribution in [1.29, 1.82) is 0 Å². The summed E-state index contributed by atoms with van der Waals surface area (Å²) in [5.74, 6) is 0. The van der Waals surface area contributed by atoms with Crippen LogP contribution in [0.15, 0.2) is 30.3 Å². The van der Waals surface area contributed by atoms with Crippen LogP contribution in [0, 0.1) is 0 Å². The van der Waals surface area contributed by atoms with E-state index < -0.39 is 0 Å². The summed E-state index contributed by atoms with van der Waals surface area (Å²) in [4.78, 5) is 5.20. The van der Waals surface area contributed by atoms with Crippen molar-refractivity contribution >= 4 is 0 Å². The minimum absolute atomic E-state index is 0.325. The van der Waals surface area contributed by atoms with Gasteiger partial charge in [0.2, 0.25) is 0 Å². The number of hydrogen-bond donors (Lipinski definition) is 1. The molecule has 1 aromatic rings. The Morgan fingerprint density at radius 2 is 2.00 bits per heavy atom. The van der Waals surface area contributed by atoms with Gasteiger partial charge >= 0.3 is 0 Å². The molecule has 3 nitrogen and oxygen atoms in total. The molecule has 0 saturated heterocycles. The lowest BCUT2D eigenvalue weighted by atomic mass is 10.2. The predicted molar refractivity (Wildman–Crippen MR) is 60.2 cm³/mol. The number of nitrogens with zero attached hydrogens (tertiary/aromatic N) is 1. The van der Waals surface area contributed by atoms with Crippen LogP contribution in [0.3, 0.4) is 0 Å². The van der Waals surface area contributed by atoms with Crippen molar-refractivity contribution in [3.8, 4) is 0 Å². The van der Waals surface area contributed by atoms with E-state index in [1.165, 1.54) is 5.56 Å². The van der Waals surface area contributed by atoms with E-state index in [1.54, 1.807) is 12.2 Å². The number of aliphatic hydroxyl groups is 1. The van der Waals surface area contributed by atoms with E-state index in [0.29, 0.717) is 13.1 Å². The number of hydroxylamine groups is 2. The molecule has 3 heteroatoms. The summed E-state index contributed by atoms with van der Waals surface area (Å²) in [6.07, 6.45) is 0.419. The van der Waals surface area contributed by atoms with Crippen LogP contribution < -0.4 is 0 Å². The first-order valence-corrected chi connectivity index (χ1v) is 5.27. The number of aliphatic hydroxyl groups excluding tert-OH is 1. The molecule has 15 heavy (non-hydrogen) atoms. The molecule has 0 heterocycles. The highest BCUT2D eigenvalue weighted by Crippen LogP contribution is 2.05. The summed E-state index contributed by atoms with van der Waals surface area (Å²) in [6, 6.07) is 10.1. The van der Waals surface area contributed by atoms with Crippen LogP contribution in [0.1, 0.15) is 18.9 Å². The smallest absolute Gasteiger partial charge is 0.0688 e. The van der Waals surface area contributed by atoms with Gasteiger partial charge in [-0.3, -0.25) is 0 Å². The lowest BCUT2D eigenvalue weighted by Crippen LogP contribution is -2.30. The van der Waals surface area contributed by atoms with Gasteiger partial charge in [-0.15, -0.1) is 0 Å². The lowest BCUT2D eigenvalue weighted by Gasteiger charge is -2.22. The molecule has 0 aliphatic heterocycles. The van der Waals surface area contributed by atoms with E-state index >= 15 is 0 Å².